The van der Waals surface area contributed by atoms with Gasteiger partial charge < -0.3 is 19.9 Å². The molecule has 166 valence electrons. The number of aromatic carboxylic acids is 1. The van der Waals surface area contributed by atoms with Crippen LogP contribution in [0.15, 0.2) is 35.1 Å². The van der Waals surface area contributed by atoms with Crippen molar-refractivity contribution in [3.63, 3.8) is 0 Å². The second-order valence-corrected chi connectivity index (χ2v) is 7.89. The summed E-state index contributed by atoms with van der Waals surface area (Å²) in [5.74, 6) is -3.14. The van der Waals surface area contributed by atoms with Crippen LogP contribution in [-0.2, 0) is 4.79 Å². The van der Waals surface area contributed by atoms with Gasteiger partial charge in [-0.2, -0.15) is 0 Å². The number of aromatic nitrogens is 1. The van der Waals surface area contributed by atoms with Gasteiger partial charge in [-0.25, -0.2) is 13.6 Å². The number of fused-ring (bicyclic) bond motifs is 1. The Balaban J connectivity index is 1.80. The van der Waals surface area contributed by atoms with Gasteiger partial charge in [-0.05, 0) is 18.2 Å². The number of carboxylic acids is 1. The summed E-state index contributed by atoms with van der Waals surface area (Å²) in [6.07, 6.45) is 0. The van der Waals surface area contributed by atoms with Gasteiger partial charge in [0.15, 0.2) is 17.1 Å². The lowest BCUT2D eigenvalue weighted by Gasteiger charge is -2.36. The summed E-state index contributed by atoms with van der Waals surface area (Å²) < 4.78 is 30.3. The minimum absolute atomic E-state index is 0.0530. The summed E-state index contributed by atoms with van der Waals surface area (Å²) >= 11 is 6.16. The lowest BCUT2D eigenvalue weighted by atomic mass is 10.0. The Bertz CT molecular complexity index is 1320. The fraction of sp³-hybridized carbons (Fsp3) is 0.227. The average Bonchev–Trinajstić information content (AvgIpc) is 2.73. The minimum Gasteiger partial charge on any atom is -0.478 e. The van der Waals surface area contributed by atoms with E-state index >= 15 is 4.39 Å². The number of aromatic amines is 1. The number of H-pyrrole nitrogens is 1. The number of carbonyl (C=O) groups is 2. The van der Waals surface area contributed by atoms with Crippen molar-refractivity contribution in [3.05, 3.63) is 62.8 Å². The lowest BCUT2D eigenvalue weighted by molar-refractivity contribution is -0.129. The van der Waals surface area contributed by atoms with Crippen LogP contribution in [0.1, 0.15) is 17.3 Å². The standard InChI is InChI=1S/C22H18ClF2N3O4/c1-11(29)27-4-6-28(7-5-27)21-15(24)9-17-19(20(21)25)18(30)10-16(26-17)13-8-12(22(31)32)2-3-14(13)23/h2-3,8-10H,4-7H2,1H3,(H,26,30)(H,31,32). The predicted molar refractivity (Wildman–Crippen MR) is 116 cm³/mol. The second kappa shape index (κ2) is 8.23. The van der Waals surface area contributed by atoms with Gasteiger partial charge in [-0.1, -0.05) is 11.6 Å². The van der Waals surface area contributed by atoms with Crippen LogP contribution in [0.25, 0.3) is 22.2 Å². The van der Waals surface area contributed by atoms with Crippen molar-refractivity contribution in [2.24, 2.45) is 0 Å². The fourth-order valence-corrected chi connectivity index (χ4v) is 4.10. The molecule has 0 bridgehead atoms. The molecular weight excluding hydrogens is 444 g/mol. The molecule has 4 rings (SSSR count). The molecule has 0 aliphatic carbocycles. The number of rotatable bonds is 3. The summed E-state index contributed by atoms with van der Waals surface area (Å²) in [6.45, 7) is 2.53. The van der Waals surface area contributed by atoms with Crippen LogP contribution in [0, 0.1) is 11.6 Å². The zero-order valence-corrected chi connectivity index (χ0v) is 17.7. The second-order valence-electron chi connectivity index (χ2n) is 7.48. The zero-order chi connectivity index (χ0) is 23.2. The highest BCUT2D eigenvalue weighted by Gasteiger charge is 2.26. The first-order chi connectivity index (χ1) is 15.2. The van der Waals surface area contributed by atoms with E-state index in [-0.39, 0.29) is 57.4 Å². The van der Waals surface area contributed by atoms with E-state index in [4.69, 9.17) is 11.6 Å². The molecule has 2 N–H and O–H groups in total. The number of anilines is 1. The fourth-order valence-electron chi connectivity index (χ4n) is 3.88. The molecular formula is C22H18ClF2N3O4. The Morgan fingerprint density at radius 2 is 1.78 bits per heavy atom. The Kier molecular flexibility index (Phi) is 5.60. The molecule has 1 aliphatic rings. The number of pyridine rings is 1. The first-order valence-electron chi connectivity index (χ1n) is 9.76. The Morgan fingerprint density at radius 3 is 2.41 bits per heavy atom. The quantitative estimate of drug-likeness (QED) is 0.622. The number of amides is 1. The first kappa shape index (κ1) is 21.8. The van der Waals surface area contributed by atoms with Gasteiger partial charge in [-0.15, -0.1) is 0 Å². The summed E-state index contributed by atoms with van der Waals surface area (Å²) in [4.78, 5) is 41.4. The van der Waals surface area contributed by atoms with Crippen molar-refractivity contribution in [2.75, 3.05) is 31.1 Å². The Morgan fingerprint density at radius 1 is 1.09 bits per heavy atom. The van der Waals surface area contributed by atoms with Crippen LogP contribution in [0.2, 0.25) is 5.02 Å². The molecule has 1 fully saturated rings. The van der Waals surface area contributed by atoms with E-state index in [1.54, 1.807) is 4.90 Å². The molecule has 2 heterocycles. The lowest BCUT2D eigenvalue weighted by Crippen LogP contribution is -2.48. The maximum absolute atomic E-state index is 15.3. The van der Waals surface area contributed by atoms with E-state index in [9.17, 15) is 23.9 Å². The number of nitrogens with one attached hydrogen (secondary N) is 1. The number of hydrogen-bond donors (Lipinski definition) is 2. The molecule has 0 saturated carbocycles. The van der Waals surface area contributed by atoms with Gasteiger partial charge in [0.05, 0.1) is 22.2 Å². The molecule has 7 nitrogen and oxygen atoms in total. The molecule has 0 unspecified atom stereocenters. The Hall–Kier alpha value is -3.46. The van der Waals surface area contributed by atoms with Crippen LogP contribution in [0.4, 0.5) is 14.5 Å². The topological polar surface area (TPSA) is 93.7 Å². The van der Waals surface area contributed by atoms with Gasteiger partial charge in [0, 0.05) is 55.8 Å². The maximum atomic E-state index is 15.3. The van der Waals surface area contributed by atoms with E-state index in [2.05, 4.69) is 4.98 Å². The molecule has 3 aromatic rings. The zero-order valence-electron chi connectivity index (χ0n) is 16.9. The molecule has 0 radical (unpaired) electrons. The van der Waals surface area contributed by atoms with Gasteiger partial charge in [0.25, 0.3) is 0 Å². The third kappa shape index (κ3) is 3.80. The molecule has 1 amide bonds. The van der Waals surface area contributed by atoms with Crippen LogP contribution in [0.3, 0.4) is 0 Å². The Labute approximate surface area is 185 Å². The molecule has 1 saturated heterocycles. The average molecular weight is 462 g/mol. The van der Waals surface area contributed by atoms with Crippen molar-refractivity contribution in [3.8, 4) is 11.3 Å². The molecule has 10 heteroatoms. The molecule has 1 aliphatic heterocycles. The van der Waals surface area contributed by atoms with E-state index in [0.29, 0.717) is 13.1 Å². The van der Waals surface area contributed by atoms with Gasteiger partial charge in [-0.3, -0.25) is 9.59 Å². The minimum atomic E-state index is -1.18. The molecule has 2 aromatic carbocycles. The van der Waals surface area contributed by atoms with Crippen LogP contribution in [-0.4, -0.2) is 53.0 Å². The number of hydrogen-bond acceptors (Lipinski definition) is 4. The van der Waals surface area contributed by atoms with Gasteiger partial charge in [0.2, 0.25) is 5.91 Å². The third-order valence-corrected chi connectivity index (χ3v) is 5.86. The highest BCUT2D eigenvalue weighted by molar-refractivity contribution is 6.33. The van der Waals surface area contributed by atoms with E-state index < -0.39 is 23.0 Å². The number of nitrogens with zero attached hydrogens (tertiary/aromatic N) is 2. The summed E-state index contributed by atoms with van der Waals surface area (Å²) in [6, 6.07) is 6.09. The summed E-state index contributed by atoms with van der Waals surface area (Å²) in [7, 11) is 0. The summed E-state index contributed by atoms with van der Waals surface area (Å²) in [5.41, 5.74) is -0.794. The van der Waals surface area contributed by atoms with Crippen molar-refractivity contribution < 1.29 is 23.5 Å². The van der Waals surface area contributed by atoms with Crippen LogP contribution in [0.5, 0.6) is 0 Å². The smallest absolute Gasteiger partial charge is 0.335 e. The highest BCUT2D eigenvalue weighted by Crippen LogP contribution is 2.32. The first-order valence-corrected chi connectivity index (χ1v) is 10.1. The monoisotopic (exact) mass is 461 g/mol. The predicted octanol–water partition coefficient (Wildman–Crippen LogP) is 3.49. The number of benzene rings is 2. The molecule has 0 spiro atoms. The van der Waals surface area contributed by atoms with Crippen LogP contribution >= 0.6 is 11.6 Å². The summed E-state index contributed by atoms with van der Waals surface area (Å²) in [5, 5.41) is 9.06. The van der Waals surface area contributed by atoms with Crippen molar-refractivity contribution in [1.82, 2.24) is 9.88 Å². The number of piperazine rings is 1. The maximum Gasteiger partial charge on any atom is 0.335 e. The largest absolute Gasteiger partial charge is 0.478 e. The van der Waals surface area contributed by atoms with Crippen molar-refractivity contribution in [1.29, 1.82) is 0 Å². The van der Waals surface area contributed by atoms with Gasteiger partial charge in [0.1, 0.15) is 5.69 Å². The number of carboxylic acid groups (broad SMARTS) is 1. The SMILES string of the molecule is CC(=O)N1CCN(c2c(F)cc3[nH]c(-c4cc(C(=O)O)ccc4Cl)cc(=O)c3c2F)CC1. The normalized spacial score (nSPS) is 14.1. The molecule has 0 atom stereocenters. The van der Waals surface area contributed by atoms with Gasteiger partial charge >= 0.3 is 5.97 Å². The number of halogens is 3. The highest BCUT2D eigenvalue weighted by atomic mass is 35.5. The number of carbonyl (C=O) groups excluding carboxylic acids is 1. The molecule has 1 aromatic heterocycles. The van der Waals surface area contributed by atoms with E-state index in [1.807, 2.05) is 0 Å². The van der Waals surface area contributed by atoms with Crippen molar-refractivity contribution in [2.45, 2.75) is 6.92 Å². The van der Waals surface area contributed by atoms with Crippen LogP contribution < -0.4 is 10.3 Å². The third-order valence-electron chi connectivity index (χ3n) is 5.53. The van der Waals surface area contributed by atoms with E-state index in [1.165, 1.54) is 30.0 Å². The van der Waals surface area contributed by atoms with Crippen molar-refractivity contribution >= 4 is 40.1 Å². The van der Waals surface area contributed by atoms with E-state index in [0.717, 1.165) is 12.1 Å². The molecule has 32 heavy (non-hydrogen) atoms.